The van der Waals surface area contributed by atoms with Gasteiger partial charge in [-0.25, -0.2) is 0 Å². The largest absolute Gasteiger partial charge is 0.394 e. The Kier molecular flexibility index (Phi) is 4.62. The summed E-state index contributed by atoms with van der Waals surface area (Å²) in [6, 6.07) is 4.75. The first-order valence-electron chi connectivity index (χ1n) is 4.95. The van der Waals surface area contributed by atoms with Gasteiger partial charge in [-0.05, 0) is 11.6 Å². The van der Waals surface area contributed by atoms with Gasteiger partial charge in [0.25, 0.3) is 10.1 Å². The summed E-state index contributed by atoms with van der Waals surface area (Å²) in [5.74, 6) is 0. The summed E-state index contributed by atoms with van der Waals surface area (Å²) in [5.41, 5.74) is 1.11. The van der Waals surface area contributed by atoms with Crippen LogP contribution in [0.1, 0.15) is 11.1 Å². The third-order valence-electron chi connectivity index (χ3n) is 2.12. The molecular weight excluding hydrogens is 240 g/mol. The summed E-state index contributed by atoms with van der Waals surface area (Å²) in [5, 5.41) is 8.58. The third-order valence-corrected chi connectivity index (χ3v) is 3.49. The Morgan fingerprint density at radius 1 is 1.29 bits per heavy atom. The lowest BCUT2D eigenvalue weighted by Crippen LogP contribution is -2.11. The van der Waals surface area contributed by atoms with Crippen LogP contribution in [0.15, 0.2) is 36.3 Å². The van der Waals surface area contributed by atoms with Gasteiger partial charge < -0.3 is 5.11 Å². The van der Waals surface area contributed by atoms with Gasteiger partial charge in [0.1, 0.15) is 4.90 Å². The molecule has 0 aliphatic rings. The average molecular weight is 254 g/mol. The maximum absolute atomic E-state index is 11.8. The number of rotatable bonds is 6. The number of hydrogen-bond acceptors (Lipinski definition) is 4. The molecule has 0 atom stereocenters. The second-order valence-electron chi connectivity index (χ2n) is 3.17. The van der Waals surface area contributed by atoms with E-state index in [1.54, 1.807) is 18.2 Å². The molecule has 5 heteroatoms. The number of aliphatic hydroxyl groups is 1. The Morgan fingerprint density at radius 2 is 2.00 bits per heavy atom. The van der Waals surface area contributed by atoms with Gasteiger partial charge >= 0.3 is 0 Å². The van der Waals surface area contributed by atoms with E-state index >= 15 is 0 Å². The standard InChI is InChI=1S/C12H14O4S/c1-3-10-6-5-7-12(11(10)4-2)17(14,15)16-9-8-13/h3-7,13H,1-2,8-9H2. The van der Waals surface area contributed by atoms with Crippen molar-refractivity contribution in [3.8, 4) is 0 Å². The molecular formula is C12H14O4S. The van der Waals surface area contributed by atoms with Crippen molar-refractivity contribution in [1.82, 2.24) is 0 Å². The number of aliphatic hydroxyl groups excluding tert-OH is 1. The predicted molar refractivity (Wildman–Crippen MR) is 66.8 cm³/mol. The highest BCUT2D eigenvalue weighted by Crippen LogP contribution is 2.23. The Hall–Kier alpha value is -1.43. The summed E-state index contributed by atoms with van der Waals surface area (Å²) in [7, 11) is -3.88. The smallest absolute Gasteiger partial charge is 0.297 e. The summed E-state index contributed by atoms with van der Waals surface area (Å²) in [6.45, 7) is 6.55. The minimum absolute atomic E-state index is 0.0263. The van der Waals surface area contributed by atoms with Crippen LogP contribution in [0.5, 0.6) is 0 Å². The van der Waals surface area contributed by atoms with Crippen LogP contribution >= 0.6 is 0 Å². The monoisotopic (exact) mass is 254 g/mol. The Bertz CT molecular complexity index is 517. The number of hydrogen-bond donors (Lipinski definition) is 1. The fraction of sp³-hybridized carbons (Fsp3) is 0.167. The molecule has 0 saturated carbocycles. The molecule has 17 heavy (non-hydrogen) atoms. The van der Waals surface area contributed by atoms with E-state index in [1.807, 2.05) is 0 Å². The van der Waals surface area contributed by atoms with E-state index in [2.05, 4.69) is 17.3 Å². The highest BCUT2D eigenvalue weighted by Gasteiger charge is 2.19. The predicted octanol–water partition coefficient (Wildman–Crippen LogP) is 1.67. The molecule has 0 unspecified atom stereocenters. The zero-order valence-electron chi connectivity index (χ0n) is 9.30. The van der Waals surface area contributed by atoms with E-state index in [-0.39, 0.29) is 18.1 Å². The lowest BCUT2D eigenvalue weighted by Gasteiger charge is -2.09. The van der Waals surface area contributed by atoms with Crippen molar-refractivity contribution in [3.05, 3.63) is 42.5 Å². The van der Waals surface area contributed by atoms with Gasteiger partial charge in [0, 0.05) is 5.56 Å². The maximum atomic E-state index is 11.8. The van der Waals surface area contributed by atoms with Crippen molar-refractivity contribution in [1.29, 1.82) is 0 Å². The molecule has 0 aromatic heterocycles. The molecule has 0 amide bonds. The molecule has 0 aliphatic carbocycles. The average Bonchev–Trinajstić information content (AvgIpc) is 2.35. The molecule has 92 valence electrons. The highest BCUT2D eigenvalue weighted by molar-refractivity contribution is 7.86. The first kappa shape index (κ1) is 13.6. The first-order chi connectivity index (χ1) is 8.06. The quantitative estimate of drug-likeness (QED) is 0.784. The van der Waals surface area contributed by atoms with Crippen molar-refractivity contribution < 1.29 is 17.7 Å². The topological polar surface area (TPSA) is 63.6 Å². The van der Waals surface area contributed by atoms with Crippen LogP contribution in [0.4, 0.5) is 0 Å². The molecule has 0 heterocycles. The van der Waals surface area contributed by atoms with Gasteiger partial charge in [-0.3, -0.25) is 4.18 Å². The third kappa shape index (κ3) is 3.03. The van der Waals surface area contributed by atoms with Crippen LogP contribution < -0.4 is 0 Å². The van der Waals surface area contributed by atoms with E-state index < -0.39 is 10.1 Å². The van der Waals surface area contributed by atoms with Crippen LogP contribution in [0, 0.1) is 0 Å². The highest BCUT2D eigenvalue weighted by atomic mass is 32.2. The molecule has 0 bridgehead atoms. The fourth-order valence-corrected chi connectivity index (χ4v) is 2.52. The van der Waals surface area contributed by atoms with E-state index in [0.717, 1.165) is 0 Å². The molecule has 0 radical (unpaired) electrons. The zero-order valence-corrected chi connectivity index (χ0v) is 10.1. The first-order valence-corrected chi connectivity index (χ1v) is 6.36. The van der Waals surface area contributed by atoms with Crippen molar-refractivity contribution in [3.63, 3.8) is 0 Å². The van der Waals surface area contributed by atoms with Crippen LogP contribution in [0.25, 0.3) is 12.2 Å². The van der Waals surface area contributed by atoms with Crippen LogP contribution in [-0.2, 0) is 14.3 Å². The second-order valence-corrected chi connectivity index (χ2v) is 4.75. The SMILES string of the molecule is C=Cc1cccc(S(=O)(=O)OCCO)c1C=C. The lowest BCUT2D eigenvalue weighted by molar-refractivity contribution is 0.205. The molecule has 1 aromatic carbocycles. The fourth-order valence-electron chi connectivity index (χ4n) is 1.39. The summed E-state index contributed by atoms with van der Waals surface area (Å²) >= 11 is 0. The molecule has 0 aliphatic heterocycles. The van der Waals surface area contributed by atoms with Gasteiger partial charge in [0.2, 0.25) is 0 Å². The minimum atomic E-state index is -3.88. The summed E-state index contributed by atoms with van der Waals surface area (Å²) in [6.07, 6.45) is 2.98. The van der Waals surface area contributed by atoms with Gasteiger partial charge in [-0.15, -0.1) is 0 Å². The Morgan fingerprint density at radius 3 is 2.53 bits per heavy atom. The summed E-state index contributed by atoms with van der Waals surface area (Å²) in [4.78, 5) is 0.0263. The van der Waals surface area contributed by atoms with E-state index in [1.165, 1.54) is 12.1 Å². The van der Waals surface area contributed by atoms with Crippen LogP contribution in [0.3, 0.4) is 0 Å². The Labute approximate surface area is 101 Å². The molecule has 0 fully saturated rings. The lowest BCUT2D eigenvalue weighted by atomic mass is 10.1. The second kappa shape index (κ2) is 5.77. The van der Waals surface area contributed by atoms with Crippen molar-refractivity contribution in [2.24, 2.45) is 0 Å². The van der Waals surface area contributed by atoms with Crippen molar-refractivity contribution in [2.45, 2.75) is 4.90 Å². The Balaban J connectivity index is 3.31. The minimum Gasteiger partial charge on any atom is -0.394 e. The zero-order chi connectivity index (χ0) is 12.9. The molecule has 4 nitrogen and oxygen atoms in total. The molecule has 1 rings (SSSR count). The summed E-state index contributed by atoms with van der Waals surface area (Å²) < 4.78 is 28.3. The maximum Gasteiger partial charge on any atom is 0.297 e. The van der Waals surface area contributed by atoms with Crippen LogP contribution in [-0.4, -0.2) is 26.7 Å². The molecule has 0 saturated heterocycles. The normalized spacial score (nSPS) is 11.1. The number of benzene rings is 1. The van der Waals surface area contributed by atoms with Crippen molar-refractivity contribution in [2.75, 3.05) is 13.2 Å². The van der Waals surface area contributed by atoms with Crippen LogP contribution in [0.2, 0.25) is 0 Å². The molecule has 1 aromatic rings. The van der Waals surface area contributed by atoms with Gasteiger partial charge in [-0.2, -0.15) is 8.42 Å². The van der Waals surface area contributed by atoms with E-state index in [4.69, 9.17) is 5.11 Å². The van der Waals surface area contributed by atoms with E-state index in [9.17, 15) is 8.42 Å². The van der Waals surface area contributed by atoms with E-state index in [0.29, 0.717) is 11.1 Å². The van der Waals surface area contributed by atoms with Gasteiger partial charge in [0.15, 0.2) is 0 Å². The molecule has 1 N–H and O–H groups in total. The van der Waals surface area contributed by atoms with Crippen molar-refractivity contribution >= 4 is 22.3 Å². The molecule has 0 spiro atoms. The van der Waals surface area contributed by atoms with Gasteiger partial charge in [-0.1, -0.05) is 37.4 Å². The van der Waals surface area contributed by atoms with Gasteiger partial charge in [0.05, 0.1) is 13.2 Å².